The molecule has 2 aliphatic carbocycles. The van der Waals surface area contributed by atoms with Crippen molar-refractivity contribution in [3.63, 3.8) is 0 Å². The number of carbonyl (C=O) groups excluding carboxylic acids is 3. The molecular formula is C33H38N4O5S2. The normalized spacial score (nSPS) is 22.8. The summed E-state index contributed by atoms with van der Waals surface area (Å²) in [5.74, 6) is 1.89. The van der Waals surface area contributed by atoms with Crippen LogP contribution in [-0.4, -0.2) is 76.5 Å². The minimum Gasteiger partial charge on any atom is -0.396 e. The lowest BCUT2D eigenvalue weighted by Gasteiger charge is -2.34. The second kappa shape index (κ2) is 13.8. The number of hydrogen-bond acceptors (Lipinski definition) is 8. The number of carbonyl (C=O) groups is 3. The van der Waals surface area contributed by atoms with Crippen molar-refractivity contribution in [2.45, 2.75) is 48.9 Å². The van der Waals surface area contributed by atoms with Crippen molar-refractivity contribution in [2.75, 3.05) is 38.1 Å². The van der Waals surface area contributed by atoms with Crippen LogP contribution in [0.15, 0.2) is 58.9 Å². The fourth-order valence-electron chi connectivity index (χ4n) is 6.72. The number of thiazole rings is 1. The number of thioether (sulfide) groups is 1. The third kappa shape index (κ3) is 7.01. The molecule has 3 aromatic rings. The van der Waals surface area contributed by atoms with Gasteiger partial charge in [0, 0.05) is 62.5 Å². The van der Waals surface area contributed by atoms with Crippen LogP contribution in [0.2, 0.25) is 0 Å². The highest BCUT2D eigenvalue weighted by Gasteiger charge is 2.47. The lowest BCUT2D eigenvalue weighted by molar-refractivity contribution is -0.130. The number of aliphatic hydroxyl groups excluding tert-OH is 1. The summed E-state index contributed by atoms with van der Waals surface area (Å²) in [7, 11) is 0. The Morgan fingerprint density at radius 2 is 1.75 bits per heavy atom. The molecule has 1 aromatic heterocycles. The Balaban J connectivity index is 0.969. The molecule has 2 N–H and O–H groups in total. The Kier molecular flexibility index (Phi) is 9.65. The number of piperazine rings is 1. The summed E-state index contributed by atoms with van der Waals surface area (Å²) in [6.45, 7) is 4.44. The van der Waals surface area contributed by atoms with Crippen LogP contribution in [0.3, 0.4) is 0 Å². The summed E-state index contributed by atoms with van der Waals surface area (Å²) in [5, 5.41) is 13.2. The smallest absolute Gasteiger partial charge is 0.257 e. The number of nitrogens with zero attached hydrogens (tertiary/aromatic N) is 3. The predicted molar refractivity (Wildman–Crippen MR) is 171 cm³/mol. The molecule has 1 saturated heterocycles. The van der Waals surface area contributed by atoms with Crippen LogP contribution in [0, 0.1) is 17.8 Å². The van der Waals surface area contributed by atoms with Crippen molar-refractivity contribution in [3.8, 4) is 0 Å². The first-order valence-corrected chi connectivity index (χ1v) is 17.0. The molecule has 6 rings (SSSR count). The van der Waals surface area contributed by atoms with E-state index in [1.54, 1.807) is 46.8 Å². The number of aromatic nitrogens is 1. The fourth-order valence-corrected chi connectivity index (χ4v) is 8.53. The number of nitrogens with one attached hydrogen (secondary N) is 1. The molecule has 3 fully saturated rings. The van der Waals surface area contributed by atoms with E-state index in [4.69, 9.17) is 4.74 Å². The summed E-state index contributed by atoms with van der Waals surface area (Å²) < 4.78 is 7.20. The first-order chi connectivity index (χ1) is 21.4. The van der Waals surface area contributed by atoms with Gasteiger partial charge in [-0.25, -0.2) is 4.98 Å². The van der Waals surface area contributed by atoms with Crippen molar-refractivity contribution in [2.24, 2.45) is 17.8 Å². The van der Waals surface area contributed by atoms with Gasteiger partial charge in [-0.2, -0.15) is 0 Å². The molecule has 2 bridgehead atoms. The topological polar surface area (TPSA) is 112 Å². The van der Waals surface area contributed by atoms with E-state index in [1.165, 1.54) is 30.6 Å². The van der Waals surface area contributed by atoms with Crippen LogP contribution in [0.5, 0.6) is 0 Å². The van der Waals surface area contributed by atoms with Gasteiger partial charge in [-0.3, -0.25) is 19.7 Å². The highest BCUT2D eigenvalue weighted by atomic mass is 32.2. The molecule has 3 amide bonds. The quantitative estimate of drug-likeness (QED) is 0.305. The standard InChI is InChI=1S/C33H38N4O5S2/c1-21(39)36-11-13-37(14-12-36)32(41)27-4-2-3-23(15-27)20-43-29-17-34-33(44-29)35-31(40)24-7-5-22(6-8-24)19-42-30-26-10-9-25(16-26)28(30)18-38/h2-8,15,17,25-26,28,30,38H,9-14,16,18-20H2,1H3,(H,34,35,40)/t25?,26?,28-,30+/m0/s1. The lowest BCUT2D eigenvalue weighted by atomic mass is 9.87. The van der Waals surface area contributed by atoms with Gasteiger partial charge in [-0.1, -0.05) is 35.6 Å². The Labute approximate surface area is 266 Å². The van der Waals surface area contributed by atoms with Crippen molar-refractivity contribution in [1.29, 1.82) is 0 Å². The molecule has 4 atom stereocenters. The Morgan fingerprint density at radius 3 is 2.50 bits per heavy atom. The van der Waals surface area contributed by atoms with Crippen LogP contribution in [0.4, 0.5) is 5.13 Å². The molecule has 2 unspecified atom stereocenters. The van der Waals surface area contributed by atoms with Gasteiger partial charge in [0.2, 0.25) is 5.91 Å². The molecule has 9 nitrogen and oxygen atoms in total. The van der Waals surface area contributed by atoms with Crippen LogP contribution >= 0.6 is 23.1 Å². The maximum Gasteiger partial charge on any atom is 0.257 e. The van der Waals surface area contributed by atoms with Crippen molar-refractivity contribution in [3.05, 3.63) is 77.0 Å². The number of rotatable bonds is 10. The van der Waals surface area contributed by atoms with Gasteiger partial charge in [0.25, 0.3) is 11.8 Å². The van der Waals surface area contributed by atoms with E-state index < -0.39 is 0 Å². The Bertz CT molecular complexity index is 1490. The van der Waals surface area contributed by atoms with E-state index in [9.17, 15) is 19.5 Å². The molecule has 0 spiro atoms. The zero-order chi connectivity index (χ0) is 30.6. The molecular weight excluding hydrogens is 597 g/mol. The van der Waals surface area contributed by atoms with E-state index in [1.807, 2.05) is 36.4 Å². The predicted octanol–water partition coefficient (Wildman–Crippen LogP) is 4.92. The molecule has 44 heavy (non-hydrogen) atoms. The summed E-state index contributed by atoms with van der Waals surface area (Å²) in [5.41, 5.74) is 3.23. The number of hydrogen-bond donors (Lipinski definition) is 2. The molecule has 2 heterocycles. The summed E-state index contributed by atoms with van der Waals surface area (Å²) in [4.78, 5) is 45.4. The summed E-state index contributed by atoms with van der Waals surface area (Å²) >= 11 is 3.02. The third-order valence-corrected chi connectivity index (χ3v) is 11.3. The number of benzene rings is 2. The van der Waals surface area contributed by atoms with Gasteiger partial charge in [0.1, 0.15) is 0 Å². The van der Waals surface area contributed by atoms with Crippen LogP contribution in [0.25, 0.3) is 0 Å². The number of fused-ring (bicyclic) bond motifs is 2. The SMILES string of the molecule is CC(=O)N1CCN(C(=O)c2cccc(CSc3cnc(NC(=O)c4ccc(CO[C@@H]5C6CCC(C6)[C@@H]5CO)cc4)s3)c2)CC1. The molecule has 2 aromatic carbocycles. The van der Waals surface area contributed by atoms with E-state index in [0.29, 0.717) is 66.6 Å². The summed E-state index contributed by atoms with van der Waals surface area (Å²) in [6.07, 6.45) is 5.45. The van der Waals surface area contributed by atoms with E-state index in [2.05, 4.69) is 10.3 Å². The number of amides is 3. The molecule has 11 heteroatoms. The Morgan fingerprint density at radius 1 is 1.00 bits per heavy atom. The van der Waals surface area contributed by atoms with Gasteiger partial charge in [0.15, 0.2) is 5.13 Å². The lowest BCUT2D eigenvalue weighted by Crippen LogP contribution is -2.50. The van der Waals surface area contributed by atoms with Gasteiger partial charge < -0.3 is 19.6 Å². The first kappa shape index (κ1) is 30.8. The first-order valence-electron chi connectivity index (χ1n) is 15.2. The second-order valence-electron chi connectivity index (χ2n) is 11.9. The number of anilines is 1. The average Bonchev–Trinajstić information content (AvgIpc) is 3.80. The van der Waals surface area contributed by atoms with E-state index >= 15 is 0 Å². The van der Waals surface area contributed by atoms with E-state index in [-0.39, 0.29) is 36.4 Å². The van der Waals surface area contributed by atoms with Gasteiger partial charge in [-0.15, -0.1) is 11.8 Å². The second-order valence-corrected chi connectivity index (χ2v) is 14.2. The highest BCUT2D eigenvalue weighted by molar-refractivity contribution is 8.00. The monoisotopic (exact) mass is 634 g/mol. The van der Waals surface area contributed by atoms with Gasteiger partial charge in [-0.05, 0) is 66.5 Å². The minimum atomic E-state index is -0.216. The molecule has 1 aliphatic heterocycles. The minimum absolute atomic E-state index is 0.0145. The molecule has 3 aliphatic rings. The van der Waals surface area contributed by atoms with E-state index in [0.717, 1.165) is 15.3 Å². The zero-order valence-electron chi connectivity index (χ0n) is 24.8. The van der Waals surface area contributed by atoms with Crippen LogP contribution < -0.4 is 5.32 Å². The maximum atomic E-state index is 13.0. The van der Waals surface area contributed by atoms with Gasteiger partial charge in [0.05, 0.1) is 23.1 Å². The van der Waals surface area contributed by atoms with Crippen molar-refractivity contribution < 1.29 is 24.2 Å². The fraction of sp³-hybridized carbons (Fsp3) is 0.455. The van der Waals surface area contributed by atoms with Gasteiger partial charge >= 0.3 is 0 Å². The molecule has 0 radical (unpaired) electrons. The highest BCUT2D eigenvalue weighted by Crippen LogP contribution is 2.49. The molecule has 232 valence electrons. The number of ether oxygens (including phenoxy) is 1. The van der Waals surface area contributed by atoms with Crippen LogP contribution in [0.1, 0.15) is 58.0 Å². The molecule has 2 saturated carbocycles. The Hall–Kier alpha value is -3.25. The average molecular weight is 635 g/mol. The summed E-state index contributed by atoms with van der Waals surface area (Å²) in [6, 6.07) is 15.1. The maximum absolute atomic E-state index is 13.0. The van der Waals surface area contributed by atoms with Crippen molar-refractivity contribution >= 4 is 46.0 Å². The third-order valence-electron chi connectivity index (χ3n) is 9.15. The largest absolute Gasteiger partial charge is 0.396 e. The van der Waals surface area contributed by atoms with Crippen LogP contribution in [-0.2, 0) is 21.9 Å². The zero-order valence-corrected chi connectivity index (χ0v) is 26.4. The van der Waals surface area contributed by atoms with Crippen molar-refractivity contribution in [1.82, 2.24) is 14.8 Å². The number of aliphatic hydroxyl groups is 1.